The van der Waals surface area contributed by atoms with Gasteiger partial charge in [0.2, 0.25) is 0 Å². The van der Waals surface area contributed by atoms with Crippen LogP contribution in [0.3, 0.4) is 0 Å². The number of carbonyl (C=O) groups is 1. The largest absolute Gasteiger partial charge is 0.477 e. The molecular weight excluding hydrogens is 247 g/mol. The molecule has 0 radical (unpaired) electrons. The Morgan fingerprint density at radius 3 is 2.53 bits per heavy atom. The number of aromatic amines is 1. The highest BCUT2D eigenvalue weighted by atomic mass is 19.1. The maximum absolute atomic E-state index is 12.9. The molecule has 0 bridgehead atoms. The summed E-state index contributed by atoms with van der Waals surface area (Å²) in [4.78, 5) is 11.3. The Morgan fingerprint density at radius 1 is 1.11 bits per heavy atom. The van der Waals surface area contributed by atoms with Gasteiger partial charge in [-0.2, -0.15) is 5.10 Å². The highest BCUT2D eigenvalue weighted by molar-refractivity contribution is 5.93. The molecule has 2 rings (SSSR count). The number of nitrogens with zero attached hydrogens (tertiary/aromatic N) is 1. The molecule has 0 saturated heterocycles. The van der Waals surface area contributed by atoms with Gasteiger partial charge in [0.15, 0.2) is 0 Å². The molecule has 0 saturated carbocycles. The molecule has 1 aromatic heterocycles. The summed E-state index contributed by atoms with van der Waals surface area (Å²) in [5.41, 5.74) is 0.951. The van der Waals surface area contributed by atoms with Gasteiger partial charge in [-0.3, -0.25) is 5.10 Å². The van der Waals surface area contributed by atoms with Crippen LogP contribution in [0.25, 0.3) is 11.1 Å². The van der Waals surface area contributed by atoms with Crippen molar-refractivity contribution in [3.05, 3.63) is 66.2 Å². The zero-order valence-corrected chi connectivity index (χ0v) is 9.88. The number of carboxylic acid groups (broad SMARTS) is 1. The van der Waals surface area contributed by atoms with Crippen LogP contribution in [0.5, 0.6) is 0 Å². The van der Waals surface area contributed by atoms with E-state index < -0.39 is 5.97 Å². The van der Waals surface area contributed by atoms with Crippen molar-refractivity contribution in [3.8, 4) is 11.1 Å². The minimum absolute atomic E-state index is 0.0668. The van der Waals surface area contributed by atoms with Crippen molar-refractivity contribution in [1.29, 1.82) is 0 Å². The van der Waals surface area contributed by atoms with Crippen molar-refractivity contribution in [2.75, 3.05) is 0 Å². The average molecular weight is 258 g/mol. The van der Waals surface area contributed by atoms with E-state index in [-0.39, 0.29) is 11.5 Å². The van der Waals surface area contributed by atoms with Gasteiger partial charge in [0.25, 0.3) is 0 Å². The summed E-state index contributed by atoms with van der Waals surface area (Å²) in [7, 11) is 0. The first-order chi connectivity index (χ1) is 9.18. The number of aromatic nitrogens is 2. The van der Waals surface area contributed by atoms with Gasteiger partial charge in [-0.25, -0.2) is 9.18 Å². The third kappa shape index (κ3) is 3.16. The van der Waals surface area contributed by atoms with Crippen molar-refractivity contribution in [2.24, 2.45) is 0 Å². The summed E-state index contributed by atoms with van der Waals surface area (Å²) in [6.45, 7) is 0. The molecule has 96 valence electrons. The van der Waals surface area contributed by atoms with E-state index in [4.69, 9.17) is 0 Å². The Morgan fingerprint density at radius 2 is 1.84 bits per heavy atom. The molecule has 0 fully saturated rings. The fourth-order valence-corrected chi connectivity index (χ4v) is 1.59. The summed E-state index contributed by atoms with van der Waals surface area (Å²) in [5.74, 6) is -1.51. The smallest absolute Gasteiger partial charge is 0.354 e. The van der Waals surface area contributed by atoms with E-state index in [0.29, 0.717) is 11.1 Å². The lowest BCUT2D eigenvalue weighted by Gasteiger charge is -2.03. The van der Waals surface area contributed by atoms with Crippen LogP contribution < -0.4 is 0 Å². The molecule has 1 heterocycles. The minimum Gasteiger partial charge on any atom is -0.477 e. The van der Waals surface area contributed by atoms with Gasteiger partial charge in [0.1, 0.15) is 11.5 Å². The molecule has 1 aromatic carbocycles. The van der Waals surface area contributed by atoms with Gasteiger partial charge in [0, 0.05) is 11.8 Å². The number of benzene rings is 1. The Kier molecular flexibility index (Phi) is 3.87. The second-order valence-corrected chi connectivity index (χ2v) is 3.73. The molecule has 0 aliphatic carbocycles. The van der Waals surface area contributed by atoms with E-state index >= 15 is 0 Å². The van der Waals surface area contributed by atoms with E-state index in [1.807, 2.05) is 0 Å². The monoisotopic (exact) mass is 258 g/mol. The third-order valence-corrected chi connectivity index (χ3v) is 2.46. The number of hydrogen-bond acceptors (Lipinski definition) is 2. The average Bonchev–Trinajstić information content (AvgIpc) is 2.51. The van der Waals surface area contributed by atoms with Crippen LogP contribution >= 0.6 is 0 Å². The van der Waals surface area contributed by atoms with Crippen LogP contribution in [-0.2, 0) is 0 Å². The molecule has 0 atom stereocenters. The molecule has 0 amide bonds. The Balaban J connectivity index is 2.70. The zero-order valence-electron chi connectivity index (χ0n) is 9.88. The number of halogens is 1. The molecule has 4 nitrogen and oxygen atoms in total. The van der Waals surface area contributed by atoms with Gasteiger partial charge in [-0.15, -0.1) is 0 Å². The van der Waals surface area contributed by atoms with E-state index in [0.717, 1.165) is 0 Å². The molecule has 0 spiro atoms. The molecule has 0 aliphatic heterocycles. The lowest BCUT2D eigenvalue weighted by atomic mass is 10.0. The van der Waals surface area contributed by atoms with Gasteiger partial charge in [-0.05, 0) is 23.8 Å². The van der Waals surface area contributed by atoms with Crippen LogP contribution in [0.15, 0.2) is 54.7 Å². The Bertz CT molecular complexity index is 634. The molecule has 19 heavy (non-hydrogen) atoms. The number of rotatable bonds is 2. The second-order valence-electron chi connectivity index (χ2n) is 3.73. The first-order valence-electron chi connectivity index (χ1n) is 5.54. The van der Waals surface area contributed by atoms with Crippen molar-refractivity contribution in [2.45, 2.75) is 0 Å². The predicted molar refractivity (Wildman–Crippen MR) is 68.6 cm³/mol. The van der Waals surface area contributed by atoms with Crippen LogP contribution in [0.1, 0.15) is 10.5 Å². The predicted octanol–water partition coefficient (Wildman–Crippen LogP) is 3.04. The fourth-order valence-electron chi connectivity index (χ4n) is 1.59. The standard InChI is InChI=1S/C14H11FN2O2/c15-11-7-5-10(6-8-11)12-4-2-1-3-9-16-17-13(12)14(18)19/h1-9,17H,(H,18,19). The van der Waals surface area contributed by atoms with Crippen molar-refractivity contribution in [3.63, 3.8) is 0 Å². The van der Waals surface area contributed by atoms with E-state index in [1.54, 1.807) is 24.3 Å². The SMILES string of the molecule is O=C(O)c1[nH]ncccccc1-c1ccc(F)cc1. The highest BCUT2D eigenvalue weighted by Gasteiger charge is 2.10. The first kappa shape index (κ1) is 12.8. The number of hydrogen-bond donors (Lipinski definition) is 2. The molecule has 2 aromatic rings. The van der Waals surface area contributed by atoms with E-state index in [2.05, 4.69) is 10.2 Å². The van der Waals surface area contributed by atoms with Crippen molar-refractivity contribution < 1.29 is 14.3 Å². The van der Waals surface area contributed by atoms with Crippen LogP contribution in [0.2, 0.25) is 0 Å². The van der Waals surface area contributed by atoms with E-state index in [9.17, 15) is 14.3 Å². The molecule has 0 aliphatic rings. The maximum Gasteiger partial charge on any atom is 0.354 e. The van der Waals surface area contributed by atoms with Crippen molar-refractivity contribution >= 4 is 5.97 Å². The third-order valence-electron chi connectivity index (χ3n) is 2.46. The summed E-state index contributed by atoms with van der Waals surface area (Å²) >= 11 is 0. The van der Waals surface area contributed by atoms with Crippen LogP contribution in [0.4, 0.5) is 4.39 Å². The molecule has 0 unspecified atom stereocenters. The van der Waals surface area contributed by atoms with Gasteiger partial charge in [-0.1, -0.05) is 30.3 Å². The number of aromatic carboxylic acids is 1. The molecular formula is C14H11FN2O2. The fraction of sp³-hybridized carbons (Fsp3) is 0. The minimum atomic E-state index is -1.14. The Labute approximate surface area is 108 Å². The second kappa shape index (κ2) is 5.77. The molecule has 2 N–H and O–H groups in total. The highest BCUT2D eigenvalue weighted by Crippen LogP contribution is 2.21. The summed E-state index contributed by atoms with van der Waals surface area (Å²) in [5, 5.41) is 15.5. The summed E-state index contributed by atoms with van der Waals surface area (Å²) < 4.78 is 12.9. The number of carboxylic acids is 1. The Hall–Kier alpha value is -2.69. The van der Waals surface area contributed by atoms with Gasteiger partial charge < -0.3 is 5.11 Å². The van der Waals surface area contributed by atoms with E-state index in [1.165, 1.54) is 30.5 Å². The quantitative estimate of drug-likeness (QED) is 0.870. The van der Waals surface area contributed by atoms with Gasteiger partial charge in [0.05, 0.1) is 0 Å². The van der Waals surface area contributed by atoms with Crippen molar-refractivity contribution in [1.82, 2.24) is 10.2 Å². The summed E-state index contributed by atoms with van der Waals surface area (Å²) in [6.07, 6.45) is 1.45. The number of H-pyrrole nitrogens is 1. The van der Waals surface area contributed by atoms with Crippen LogP contribution in [0, 0.1) is 5.82 Å². The number of nitrogens with one attached hydrogen (secondary N) is 1. The normalized spacial score (nSPS) is 9.74. The maximum atomic E-state index is 12.9. The summed E-state index contributed by atoms with van der Waals surface area (Å²) in [6, 6.07) is 12.3. The van der Waals surface area contributed by atoms with Crippen LogP contribution in [-0.4, -0.2) is 21.3 Å². The lowest BCUT2D eigenvalue weighted by Crippen LogP contribution is -2.02. The lowest BCUT2D eigenvalue weighted by molar-refractivity contribution is 0.0690. The molecule has 5 heteroatoms. The topological polar surface area (TPSA) is 66.0 Å². The zero-order chi connectivity index (χ0) is 13.7. The van der Waals surface area contributed by atoms with Gasteiger partial charge >= 0.3 is 5.97 Å². The first-order valence-corrected chi connectivity index (χ1v) is 5.54.